The summed E-state index contributed by atoms with van der Waals surface area (Å²) in [5.41, 5.74) is 4.24. The van der Waals surface area contributed by atoms with E-state index in [0.717, 1.165) is 0 Å². The van der Waals surface area contributed by atoms with Crippen molar-refractivity contribution in [2.75, 3.05) is 11.5 Å². The molecular formula is C19H6F12N2O2. The van der Waals surface area contributed by atoms with Crippen LogP contribution in [0.2, 0.25) is 0 Å². The minimum absolute atomic E-state index is 0.176. The minimum atomic E-state index is -5.53. The number of hydrogen-bond donors (Lipinski definition) is 2. The molecule has 3 rings (SSSR count). The Morgan fingerprint density at radius 2 is 0.914 bits per heavy atom. The zero-order chi connectivity index (χ0) is 26.6. The van der Waals surface area contributed by atoms with Gasteiger partial charge in [0.15, 0.2) is 34.8 Å². The van der Waals surface area contributed by atoms with Gasteiger partial charge in [0.2, 0.25) is 34.8 Å². The first-order valence-electron chi connectivity index (χ1n) is 8.57. The number of benzene rings is 3. The van der Waals surface area contributed by atoms with Crippen LogP contribution in [0.4, 0.5) is 64.1 Å². The highest BCUT2D eigenvalue weighted by Gasteiger charge is 2.38. The van der Waals surface area contributed by atoms with Gasteiger partial charge in [-0.25, -0.2) is 30.7 Å². The Hall–Kier alpha value is -3.98. The summed E-state index contributed by atoms with van der Waals surface area (Å²) >= 11 is 0. The molecule has 188 valence electrons. The van der Waals surface area contributed by atoms with Crippen molar-refractivity contribution in [2.24, 2.45) is 0 Å². The van der Waals surface area contributed by atoms with Crippen molar-refractivity contribution in [3.8, 4) is 23.0 Å². The van der Waals surface area contributed by atoms with E-state index < -0.39 is 105 Å². The standard InChI is InChI=1S/C19H6F12N2O2/c20-4-1-3(19(29,30)31)5(34-17-11(25)7(21)9(23)15(32)13(17)27)2-6(4)35-18-12(26)8(22)10(24)16(33)14(18)28/h1-2H,32-33H2. The van der Waals surface area contributed by atoms with Crippen molar-refractivity contribution < 1.29 is 62.2 Å². The van der Waals surface area contributed by atoms with Crippen molar-refractivity contribution in [3.05, 3.63) is 70.1 Å². The van der Waals surface area contributed by atoms with E-state index in [1.54, 1.807) is 0 Å². The van der Waals surface area contributed by atoms with E-state index in [9.17, 15) is 52.7 Å². The third-order valence-electron chi connectivity index (χ3n) is 4.28. The smallest absolute Gasteiger partial charge is 0.420 e. The van der Waals surface area contributed by atoms with Gasteiger partial charge in [-0.1, -0.05) is 0 Å². The Morgan fingerprint density at radius 1 is 0.514 bits per heavy atom. The van der Waals surface area contributed by atoms with Gasteiger partial charge in [0.25, 0.3) is 0 Å². The lowest BCUT2D eigenvalue weighted by molar-refractivity contribution is -0.138. The molecule has 0 radical (unpaired) electrons. The predicted octanol–water partition coefficient (Wildman–Crippen LogP) is 6.71. The Morgan fingerprint density at radius 3 is 1.31 bits per heavy atom. The normalized spacial score (nSPS) is 11.7. The maximum Gasteiger partial charge on any atom is 0.420 e. The van der Waals surface area contributed by atoms with E-state index >= 15 is 0 Å². The van der Waals surface area contributed by atoms with Crippen molar-refractivity contribution in [3.63, 3.8) is 0 Å². The van der Waals surface area contributed by atoms with E-state index in [2.05, 4.69) is 9.47 Å². The molecule has 35 heavy (non-hydrogen) atoms. The third kappa shape index (κ3) is 4.30. The summed E-state index contributed by atoms with van der Waals surface area (Å²) in [5, 5.41) is 0. The first-order valence-corrected chi connectivity index (χ1v) is 8.57. The highest BCUT2D eigenvalue weighted by molar-refractivity contribution is 5.54. The van der Waals surface area contributed by atoms with E-state index in [1.807, 2.05) is 0 Å². The molecule has 0 saturated heterocycles. The van der Waals surface area contributed by atoms with Gasteiger partial charge in [0.1, 0.15) is 22.7 Å². The molecule has 0 saturated carbocycles. The number of ether oxygens (including phenoxy) is 2. The average molecular weight is 522 g/mol. The Labute approximate surface area is 185 Å². The van der Waals surface area contributed by atoms with Crippen molar-refractivity contribution in [2.45, 2.75) is 6.18 Å². The molecular weight excluding hydrogens is 516 g/mol. The molecule has 4 N–H and O–H groups in total. The molecule has 0 aliphatic heterocycles. The van der Waals surface area contributed by atoms with Gasteiger partial charge >= 0.3 is 6.18 Å². The first kappa shape index (κ1) is 25.6. The largest absolute Gasteiger partial charge is 0.450 e. The predicted molar refractivity (Wildman–Crippen MR) is 92.9 cm³/mol. The fourth-order valence-corrected chi connectivity index (χ4v) is 2.58. The summed E-state index contributed by atoms with van der Waals surface area (Å²) in [5.74, 6) is -27.9. The van der Waals surface area contributed by atoms with Gasteiger partial charge < -0.3 is 20.9 Å². The van der Waals surface area contributed by atoms with Crippen LogP contribution in [0.5, 0.6) is 23.0 Å². The second-order valence-electron chi connectivity index (χ2n) is 6.48. The molecule has 3 aromatic rings. The fraction of sp³-hybridized carbons (Fsp3) is 0.0526. The zero-order valence-electron chi connectivity index (χ0n) is 16.2. The highest BCUT2D eigenvalue weighted by atomic mass is 19.4. The molecule has 0 unspecified atom stereocenters. The molecule has 0 amide bonds. The summed E-state index contributed by atoms with van der Waals surface area (Å²) in [6.45, 7) is 0. The van der Waals surface area contributed by atoms with Gasteiger partial charge in [-0.2, -0.15) is 22.0 Å². The molecule has 0 aromatic heterocycles. The van der Waals surface area contributed by atoms with Crippen LogP contribution in [-0.4, -0.2) is 0 Å². The van der Waals surface area contributed by atoms with Gasteiger partial charge in [-0.05, 0) is 6.07 Å². The molecule has 0 aliphatic rings. The number of rotatable bonds is 4. The van der Waals surface area contributed by atoms with Crippen LogP contribution in [0.15, 0.2) is 12.1 Å². The van der Waals surface area contributed by atoms with Crippen LogP contribution in [0, 0.1) is 52.4 Å². The van der Waals surface area contributed by atoms with E-state index in [-0.39, 0.29) is 6.07 Å². The Balaban J connectivity index is 2.22. The van der Waals surface area contributed by atoms with Gasteiger partial charge in [-0.3, -0.25) is 0 Å². The molecule has 0 aliphatic carbocycles. The van der Waals surface area contributed by atoms with Gasteiger partial charge in [-0.15, -0.1) is 0 Å². The van der Waals surface area contributed by atoms with Crippen LogP contribution in [0.3, 0.4) is 0 Å². The summed E-state index contributed by atoms with van der Waals surface area (Å²) in [4.78, 5) is 0. The second kappa shape index (κ2) is 8.66. The lowest BCUT2D eigenvalue weighted by Gasteiger charge is -2.18. The lowest BCUT2D eigenvalue weighted by atomic mass is 10.1. The second-order valence-corrected chi connectivity index (χ2v) is 6.48. The highest BCUT2D eigenvalue weighted by Crippen LogP contribution is 2.45. The number of anilines is 2. The SMILES string of the molecule is Nc1c(F)c(F)c(F)c(Oc2cc(Oc3c(F)c(N)c(F)c(F)c3F)c(C(F)(F)F)cc2F)c1F. The van der Waals surface area contributed by atoms with E-state index in [1.165, 1.54) is 0 Å². The monoisotopic (exact) mass is 522 g/mol. The summed E-state index contributed by atoms with van der Waals surface area (Å²) < 4.78 is 173. The zero-order valence-corrected chi connectivity index (χ0v) is 16.2. The average Bonchev–Trinajstić information content (AvgIpc) is 2.80. The quantitative estimate of drug-likeness (QED) is 0.173. The fourth-order valence-electron chi connectivity index (χ4n) is 2.58. The van der Waals surface area contributed by atoms with Crippen LogP contribution in [0.1, 0.15) is 5.56 Å². The number of nitrogens with two attached hydrogens (primary N) is 2. The molecule has 0 atom stereocenters. The summed E-state index contributed by atoms with van der Waals surface area (Å²) in [6.07, 6.45) is -5.53. The number of hydrogen-bond acceptors (Lipinski definition) is 4. The number of alkyl halides is 3. The minimum Gasteiger partial charge on any atom is -0.450 e. The molecule has 0 fully saturated rings. The third-order valence-corrected chi connectivity index (χ3v) is 4.28. The first-order chi connectivity index (χ1) is 16.1. The Bertz CT molecular complexity index is 1300. The van der Waals surface area contributed by atoms with Crippen LogP contribution < -0.4 is 20.9 Å². The van der Waals surface area contributed by atoms with Gasteiger partial charge in [0, 0.05) is 6.07 Å². The summed E-state index contributed by atoms with van der Waals surface area (Å²) in [7, 11) is 0. The van der Waals surface area contributed by atoms with Crippen molar-refractivity contribution in [1.29, 1.82) is 0 Å². The van der Waals surface area contributed by atoms with Crippen molar-refractivity contribution in [1.82, 2.24) is 0 Å². The molecule has 4 nitrogen and oxygen atoms in total. The number of nitrogen functional groups attached to an aromatic ring is 2. The van der Waals surface area contributed by atoms with E-state index in [0.29, 0.717) is 0 Å². The Kier molecular flexibility index (Phi) is 6.35. The van der Waals surface area contributed by atoms with Gasteiger partial charge in [0.05, 0.1) is 0 Å². The molecule has 0 bridgehead atoms. The number of halogens is 12. The molecule has 16 heteroatoms. The van der Waals surface area contributed by atoms with Crippen LogP contribution in [-0.2, 0) is 6.18 Å². The maximum absolute atomic E-state index is 14.3. The van der Waals surface area contributed by atoms with Crippen molar-refractivity contribution >= 4 is 11.4 Å². The van der Waals surface area contributed by atoms with Crippen LogP contribution >= 0.6 is 0 Å². The van der Waals surface area contributed by atoms with Crippen LogP contribution in [0.25, 0.3) is 0 Å². The maximum atomic E-state index is 14.3. The van der Waals surface area contributed by atoms with E-state index in [4.69, 9.17) is 11.5 Å². The summed E-state index contributed by atoms with van der Waals surface area (Å²) in [6, 6.07) is -0.617. The molecule has 0 heterocycles. The molecule has 3 aromatic carbocycles. The topological polar surface area (TPSA) is 70.5 Å². The molecule has 0 spiro atoms. The lowest BCUT2D eigenvalue weighted by Crippen LogP contribution is -2.11.